The highest BCUT2D eigenvalue weighted by Crippen LogP contribution is 2.60. The summed E-state index contributed by atoms with van der Waals surface area (Å²) in [5.41, 5.74) is 1.20. The van der Waals surface area contributed by atoms with Crippen LogP contribution in [0.4, 0.5) is 4.39 Å². The van der Waals surface area contributed by atoms with E-state index in [0.717, 1.165) is 30.4 Å². The van der Waals surface area contributed by atoms with Crippen LogP contribution in [0.15, 0.2) is 24.3 Å². The normalized spacial score (nSPS) is 34.7. The van der Waals surface area contributed by atoms with Crippen molar-refractivity contribution in [3.63, 3.8) is 0 Å². The number of hydrogen-bond acceptors (Lipinski definition) is 1. The zero-order chi connectivity index (χ0) is 11.9. The van der Waals surface area contributed by atoms with Crippen LogP contribution in [-0.2, 0) is 6.42 Å². The monoisotopic (exact) mass is 233 g/mol. The Labute approximate surface area is 102 Å². The number of benzene rings is 1. The van der Waals surface area contributed by atoms with Gasteiger partial charge in [-0.2, -0.15) is 0 Å². The van der Waals surface area contributed by atoms with Crippen LogP contribution in [0.2, 0.25) is 0 Å². The fourth-order valence-electron chi connectivity index (χ4n) is 3.78. The predicted octanol–water partition coefficient (Wildman–Crippen LogP) is 3.00. The average Bonchev–Trinajstić information content (AvgIpc) is 2.91. The standard InChI is InChI=1S/C15H20FN/c1-17-10-15(8-12-6-13(12)9-15)7-11-4-2-3-5-14(11)16/h2-5,12-13,17H,6-10H2,1H3. The molecule has 1 nitrogen and oxygen atoms in total. The van der Waals surface area contributed by atoms with Crippen LogP contribution < -0.4 is 5.32 Å². The summed E-state index contributed by atoms with van der Waals surface area (Å²) < 4.78 is 13.7. The van der Waals surface area contributed by atoms with Crippen LogP contribution >= 0.6 is 0 Å². The summed E-state index contributed by atoms with van der Waals surface area (Å²) in [4.78, 5) is 0. The third kappa shape index (κ3) is 2.11. The molecule has 0 aliphatic heterocycles. The molecule has 0 spiro atoms. The Hall–Kier alpha value is -0.890. The Morgan fingerprint density at radius 2 is 2.00 bits per heavy atom. The van der Waals surface area contributed by atoms with Gasteiger partial charge in [0.1, 0.15) is 5.82 Å². The van der Waals surface area contributed by atoms with Crippen LogP contribution in [0, 0.1) is 23.1 Å². The van der Waals surface area contributed by atoms with E-state index in [-0.39, 0.29) is 5.82 Å². The lowest BCUT2D eigenvalue weighted by molar-refractivity contribution is 0.252. The fourth-order valence-corrected chi connectivity index (χ4v) is 3.78. The molecule has 2 saturated carbocycles. The first kappa shape index (κ1) is 11.2. The maximum absolute atomic E-state index is 13.7. The van der Waals surface area contributed by atoms with Crippen molar-refractivity contribution in [1.29, 1.82) is 0 Å². The molecule has 3 rings (SSSR count). The molecule has 1 aromatic rings. The van der Waals surface area contributed by atoms with Gasteiger partial charge in [0.25, 0.3) is 0 Å². The minimum Gasteiger partial charge on any atom is -0.319 e. The summed E-state index contributed by atoms with van der Waals surface area (Å²) in [6, 6.07) is 7.24. The van der Waals surface area contributed by atoms with Gasteiger partial charge in [-0.3, -0.25) is 0 Å². The van der Waals surface area contributed by atoms with Crippen LogP contribution in [0.5, 0.6) is 0 Å². The van der Waals surface area contributed by atoms with Gasteiger partial charge >= 0.3 is 0 Å². The maximum atomic E-state index is 13.7. The minimum absolute atomic E-state index is 0.0384. The number of hydrogen-bond donors (Lipinski definition) is 1. The zero-order valence-electron chi connectivity index (χ0n) is 10.4. The Morgan fingerprint density at radius 3 is 2.65 bits per heavy atom. The van der Waals surface area contributed by atoms with Gasteiger partial charge in [0.15, 0.2) is 0 Å². The Kier molecular flexibility index (Phi) is 2.70. The molecule has 2 unspecified atom stereocenters. The molecule has 0 saturated heterocycles. The molecule has 2 atom stereocenters. The van der Waals surface area contributed by atoms with Crippen LogP contribution in [0.25, 0.3) is 0 Å². The largest absolute Gasteiger partial charge is 0.319 e. The molecule has 2 aliphatic rings. The molecule has 0 bridgehead atoms. The third-order valence-corrected chi connectivity index (χ3v) is 4.53. The fraction of sp³-hybridized carbons (Fsp3) is 0.600. The van der Waals surface area contributed by atoms with Crippen molar-refractivity contribution in [3.8, 4) is 0 Å². The van der Waals surface area contributed by atoms with Crippen molar-refractivity contribution in [2.75, 3.05) is 13.6 Å². The smallest absolute Gasteiger partial charge is 0.126 e. The summed E-state index contributed by atoms with van der Waals surface area (Å²) in [6.45, 7) is 1.02. The van der Waals surface area contributed by atoms with Crippen molar-refractivity contribution in [2.45, 2.75) is 25.7 Å². The van der Waals surface area contributed by atoms with E-state index in [2.05, 4.69) is 5.32 Å². The van der Waals surface area contributed by atoms with Gasteiger partial charge in [0.2, 0.25) is 0 Å². The summed E-state index contributed by atoms with van der Waals surface area (Å²) in [5.74, 6) is 1.84. The average molecular weight is 233 g/mol. The van der Waals surface area contributed by atoms with Crippen molar-refractivity contribution in [2.24, 2.45) is 17.3 Å². The van der Waals surface area contributed by atoms with Crippen molar-refractivity contribution < 1.29 is 4.39 Å². The Bertz CT molecular complexity index is 405. The van der Waals surface area contributed by atoms with E-state index in [9.17, 15) is 4.39 Å². The van der Waals surface area contributed by atoms with Crippen molar-refractivity contribution >= 4 is 0 Å². The first-order chi connectivity index (χ1) is 8.22. The lowest BCUT2D eigenvalue weighted by atomic mass is 9.77. The van der Waals surface area contributed by atoms with Gasteiger partial charge in [-0.15, -0.1) is 0 Å². The molecular weight excluding hydrogens is 213 g/mol. The molecular formula is C15H20FN. The van der Waals surface area contributed by atoms with Gasteiger partial charge in [-0.05, 0) is 61.6 Å². The molecule has 0 aromatic heterocycles. The molecule has 0 radical (unpaired) electrons. The topological polar surface area (TPSA) is 12.0 Å². The lowest BCUT2D eigenvalue weighted by Gasteiger charge is -2.31. The number of rotatable bonds is 4. The van der Waals surface area contributed by atoms with E-state index < -0.39 is 0 Å². The molecule has 0 amide bonds. The number of fused-ring (bicyclic) bond motifs is 1. The maximum Gasteiger partial charge on any atom is 0.126 e. The van der Waals surface area contributed by atoms with Crippen molar-refractivity contribution in [3.05, 3.63) is 35.6 Å². The second-order valence-electron chi connectivity index (χ2n) is 5.96. The summed E-state index contributed by atoms with van der Waals surface area (Å²) in [7, 11) is 2.01. The quantitative estimate of drug-likeness (QED) is 0.843. The Balaban J connectivity index is 1.79. The molecule has 2 fully saturated rings. The van der Waals surface area contributed by atoms with E-state index in [1.165, 1.54) is 19.3 Å². The minimum atomic E-state index is -0.0384. The molecule has 1 N–H and O–H groups in total. The molecule has 0 heterocycles. The SMILES string of the molecule is CNCC1(Cc2ccccc2F)CC2CC2C1. The molecule has 1 aromatic carbocycles. The zero-order valence-corrected chi connectivity index (χ0v) is 10.4. The first-order valence-corrected chi connectivity index (χ1v) is 6.60. The number of halogens is 1. The highest BCUT2D eigenvalue weighted by Gasteiger charge is 2.53. The van der Waals surface area contributed by atoms with E-state index >= 15 is 0 Å². The molecule has 92 valence electrons. The predicted molar refractivity (Wildman–Crippen MR) is 67.3 cm³/mol. The number of nitrogens with one attached hydrogen (secondary N) is 1. The summed E-state index contributed by atoms with van der Waals surface area (Å²) in [5, 5.41) is 3.31. The van der Waals surface area contributed by atoms with Crippen molar-refractivity contribution in [1.82, 2.24) is 5.32 Å². The van der Waals surface area contributed by atoms with Gasteiger partial charge in [0, 0.05) is 6.54 Å². The summed E-state index contributed by atoms with van der Waals surface area (Å²) in [6.07, 6.45) is 4.88. The van der Waals surface area contributed by atoms with E-state index in [4.69, 9.17) is 0 Å². The van der Waals surface area contributed by atoms with Gasteiger partial charge in [-0.1, -0.05) is 18.2 Å². The van der Waals surface area contributed by atoms with Gasteiger partial charge in [-0.25, -0.2) is 4.39 Å². The Morgan fingerprint density at radius 1 is 1.29 bits per heavy atom. The van der Waals surface area contributed by atoms with Gasteiger partial charge in [0.05, 0.1) is 0 Å². The van der Waals surface area contributed by atoms with Crippen LogP contribution in [0.1, 0.15) is 24.8 Å². The van der Waals surface area contributed by atoms with Crippen LogP contribution in [0.3, 0.4) is 0 Å². The third-order valence-electron chi connectivity index (χ3n) is 4.53. The highest BCUT2D eigenvalue weighted by atomic mass is 19.1. The van der Waals surface area contributed by atoms with E-state index in [1.807, 2.05) is 19.2 Å². The summed E-state index contributed by atoms with van der Waals surface area (Å²) >= 11 is 0. The second-order valence-corrected chi connectivity index (χ2v) is 5.96. The molecule has 2 aliphatic carbocycles. The van der Waals surface area contributed by atoms with Gasteiger partial charge < -0.3 is 5.32 Å². The van der Waals surface area contributed by atoms with E-state index in [1.54, 1.807) is 12.1 Å². The molecule has 17 heavy (non-hydrogen) atoms. The first-order valence-electron chi connectivity index (χ1n) is 6.60. The highest BCUT2D eigenvalue weighted by molar-refractivity contribution is 5.21. The second kappa shape index (κ2) is 4.09. The lowest BCUT2D eigenvalue weighted by Crippen LogP contribution is -2.33. The van der Waals surface area contributed by atoms with Crippen LogP contribution in [-0.4, -0.2) is 13.6 Å². The van der Waals surface area contributed by atoms with E-state index in [0.29, 0.717) is 5.41 Å². The molecule has 2 heteroatoms.